The minimum Gasteiger partial charge on any atom is -0.391 e. The van der Waals surface area contributed by atoms with Crippen molar-refractivity contribution < 1.29 is 13.5 Å². The molecule has 1 aliphatic heterocycles. The largest absolute Gasteiger partial charge is 0.391 e. The van der Waals surface area contributed by atoms with Crippen molar-refractivity contribution in [2.45, 2.75) is 65.1 Å². The van der Waals surface area contributed by atoms with Crippen molar-refractivity contribution in [2.24, 2.45) is 0 Å². The number of rotatable bonds is 10. The molecule has 2 aromatic heterocycles. The lowest BCUT2D eigenvalue weighted by Crippen LogP contribution is -2.40. The summed E-state index contributed by atoms with van der Waals surface area (Å²) in [4.78, 5) is 9.05. The third kappa shape index (κ3) is 4.82. The first-order valence-electron chi connectivity index (χ1n) is 10.5. The lowest BCUT2D eigenvalue weighted by atomic mass is 10.1. The van der Waals surface area contributed by atoms with Gasteiger partial charge in [0.1, 0.15) is 0 Å². The van der Waals surface area contributed by atoms with E-state index < -0.39 is 16.3 Å². The molecule has 11 nitrogen and oxygen atoms in total. The molecule has 12 heteroatoms. The van der Waals surface area contributed by atoms with Crippen LogP contribution in [0.4, 0.5) is 11.8 Å². The second-order valence-corrected chi connectivity index (χ2v) is 9.27. The van der Waals surface area contributed by atoms with Crippen LogP contribution in [0.2, 0.25) is 0 Å². The highest BCUT2D eigenvalue weighted by molar-refractivity contribution is 7.87. The van der Waals surface area contributed by atoms with E-state index in [1.807, 2.05) is 13.8 Å². The number of hydrogen-bond acceptors (Lipinski definition) is 8. The number of hydrogen-bond donors (Lipinski definition) is 4. The van der Waals surface area contributed by atoms with Gasteiger partial charge in [0, 0.05) is 25.7 Å². The molecule has 0 amide bonds. The molecule has 3 rings (SSSR count). The molecule has 1 fully saturated rings. The van der Waals surface area contributed by atoms with Crippen molar-refractivity contribution in [3.63, 3.8) is 0 Å². The molecular weight excluding hydrogens is 408 g/mol. The maximum absolute atomic E-state index is 12.3. The molecule has 0 radical (unpaired) electrons. The number of aromatic nitrogens is 4. The van der Waals surface area contributed by atoms with E-state index in [2.05, 4.69) is 30.4 Å². The van der Waals surface area contributed by atoms with Gasteiger partial charge >= 0.3 is 0 Å². The quantitative estimate of drug-likeness (QED) is 0.422. The first-order valence-corrected chi connectivity index (χ1v) is 11.9. The van der Waals surface area contributed by atoms with Crippen LogP contribution in [0.15, 0.2) is 6.20 Å². The van der Waals surface area contributed by atoms with Gasteiger partial charge < -0.3 is 15.7 Å². The van der Waals surface area contributed by atoms with Crippen LogP contribution < -0.4 is 15.4 Å². The first kappa shape index (κ1) is 22.7. The number of aliphatic hydroxyl groups is 1. The molecule has 0 aliphatic carbocycles. The van der Waals surface area contributed by atoms with Crippen LogP contribution in [0.1, 0.15) is 46.2 Å². The Hall–Kier alpha value is -2.02. The molecule has 30 heavy (non-hydrogen) atoms. The summed E-state index contributed by atoms with van der Waals surface area (Å²) in [6, 6.07) is -0.276. The van der Waals surface area contributed by atoms with E-state index in [9.17, 15) is 13.5 Å². The van der Waals surface area contributed by atoms with Crippen molar-refractivity contribution in [3.05, 3.63) is 11.9 Å². The monoisotopic (exact) mass is 440 g/mol. The summed E-state index contributed by atoms with van der Waals surface area (Å²) in [6.45, 7) is 8.63. The van der Waals surface area contributed by atoms with Crippen molar-refractivity contribution >= 4 is 27.6 Å². The van der Waals surface area contributed by atoms with Gasteiger partial charge in [-0.3, -0.25) is 0 Å². The Morgan fingerprint density at radius 3 is 2.73 bits per heavy atom. The minimum atomic E-state index is -3.46. The molecule has 0 spiro atoms. The summed E-state index contributed by atoms with van der Waals surface area (Å²) < 4.78 is 30.3. The van der Waals surface area contributed by atoms with Crippen molar-refractivity contribution in [1.82, 2.24) is 28.6 Å². The number of nitrogens with zero attached hydrogens (tertiary/aromatic N) is 5. The second kappa shape index (κ2) is 9.41. The molecule has 0 saturated carbocycles. The molecule has 0 aromatic carbocycles. The number of imidazole rings is 1. The van der Waals surface area contributed by atoms with Gasteiger partial charge in [0.05, 0.1) is 24.0 Å². The van der Waals surface area contributed by atoms with E-state index in [4.69, 9.17) is 0 Å². The molecule has 1 aliphatic rings. The van der Waals surface area contributed by atoms with E-state index in [-0.39, 0.29) is 12.1 Å². The standard InChI is InChI=1S/C18H32N8O3S/c1-5-14-10-19-17-16(21-13-8-9-25(11-13)30(28,29)20-7-3)23-18(24-26(14)17)22-15(6-2)12(4)27/h10,12-13,15,20,27H,5-9,11H2,1-4H3,(H2,21,22,23,24)/t12-,13+,15+/m1/s1. The predicted octanol–water partition coefficient (Wildman–Crippen LogP) is 0.599. The second-order valence-electron chi connectivity index (χ2n) is 7.51. The fourth-order valence-corrected chi connectivity index (χ4v) is 4.86. The van der Waals surface area contributed by atoms with E-state index in [1.54, 1.807) is 24.6 Å². The number of anilines is 2. The van der Waals surface area contributed by atoms with Gasteiger partial charge in [-0.2, -0.15) is 17.7 Å². The predicted molar refractivity (Wildman–Crippen MR) is 116 cm³/mol. The van der Waals surface area contributed by atoms with Gasteiger partial charge in [-0.05, 0) is 26.2 Å². The molecule has 2 aromatic rings. The molecule has 0 bridgehead atoms. The van der Waals surface area contributed by atoms with E-state index in [1.165, 1.54) is 4.31 Å². The average molecular weight is 441 g/mol. The van der Waals surface area contributed by atoms with Crippen molar-refractivity contribution in [3.8, 4) is 0 Å². The van der Waals surface area contributed by atoms with Crippen LogP contribution in [-0.2, 0) is 16.6 Å². The van der Waals surface area contributed by atoms with E-state index in [0.29, 0.717) is 49.9 Å². The first-order chi connectivity index (χ1) is 14.3. The van der Waals surface area contributed by atoms with E-state index in [0.717, 1.165) is 12.1 Å². The Bertz CT molecular complexity index is 962. The Morgan fingerprint density at radius 1 is 1.33 bits per heavy atom. The van der Waals surface area contributed by atoms with Crippen LogP contribution in [0.5, 0.6) is 0 Å². The Kier molecular flexibility index (Phi) is 7.11. The maximum atomic E-state index is 12.3. The zero-order chi connectivity index (χ0) is 21.9. The smallest absolute Gasteiger partial charge is 0.279 e. The van der Waals surface area contributed by atoms with Crippen LogP contribution in [0.3, 0.4) is 0 Å². The summed E-state index contributed by atoms with van der Waals surface area (Å²) in [5.41, 5.74) is 1.53. The molecule has 4 N–H and O–H groups in total. The van der Waals surface area contributed by atoms with Gasteiger partial charge in [0.2, 0.25) is 5.95 Å². The van der Waals surface area contributed by atoms with Crippen LogP contribution in [-0.4, -0.2) is 75.2 Å². The zero-order valence-electron chi connectivity index (χ0n) is 18.0. The number of fused-ring (bicyclic) bond motifs is 1. The average Bonchev–Trinajstić information content (AvgIpc) is 3.33. The topological polar surface area (TPSA) is 137 Å². The highest BCUT2D eigenvalue weighted by atomic mass is 32.2. The number of aliphatic hydroxyl groups excluding tert-OH is 1. The van der Waals surface area contributed by atoms with Crippen LogP contribution >= 0.6 is 0 Å². The Morgan fingerprint density at radius 2 is 2.10 bits per heavy atom. The Labute approximate surface area is 177 Å². The fourth-order valence-electron chi connectivity index (χ4n) is 3.59. The van der Waals surface area contributed by atoms with Gasteiger partial charge in [-0.15, -0.1) is 5.10 Å². The van der Waals surface area contributed by atoms with Gasteiger partial charge in [0.25, 0.3) is 10.2 Å². The summed E-state index contributed by atoms with van der Waals surface area (Å²) >= 11 is 0. The molecular formula is C18H32N8O3S. The maximum Gasteiger partial charge on any atom is 0.279 e. The number of nitrogens with one attached hydrogen (secondary N) is 3. The molecule has 1 saturated heterocycles. The van der Waals surface area contributed by atoms with Crippen molar-refractivity contribution in [1.29, 1.82) is 0 Å². The molecule has 3 heterocycles. The SMILES string of the molecule is CCNS(=O)(=O)N1CC[C@H](Nc2nc(N[C@@H](CC)[C@@H](C)O)nn3c(CC)cnc23)C1. The molecule has 0 unspecified atom stereocenters. The molecule has 168 valence electrons. The van der Waals surface area contributed by atoms with Gasteiger partial charge in [0.15, 0.2) is 11.5 Å². The van der Waals surface area contributed by atoms with E-state index >= 15 is 0 Å². The highest BCUT2D eigenvalue weighted by Gasteiger charge is 2.31. The normalized spacial score (nSPS) is 19.8. The van der Waals surface area contributed by atoms with Gasteiger partial charge in [-0.25, -0.2) is 14.2 Å². The summed E-state index contributed by atoms with van der Waals surface area (Å²) in [6.07, 6.45) is 3.34. The third-order valence-corrected chi connectivity index (χ3v) is 6.96. The summed E-state index contributed by atoms with van der Waals surface area (Å²) in [5, 5.41) is 21.1. The van der Waals surface area contributed by atoms with Crippen LogP contribution in [0.25, 0.3) is 5.65 Å². The van der Waals surface area contributed by atoms with Crippen LogP contribution in [0, 0.1) is 0 Å². The minimum absolute atomic E-state index is 0.0921. The van der Waals surface area contributed by atoms with Gasteiger partial charge in [-0.1, -0.05) is 20.8 Å². The fraction of sp³-hybridized carbons (Fsp3) is 0.722. The summed E-state index contributed by atoms with van der Waals surface area (Å²) in [5.74, 6) is 0.931. The zero-order valence-corrected chi connectivity index (χ0v) is 18.8. The molecule has 3 atom stereocenters. The number of aryl methyl sites for hydroxylation is 1. The lowest BCUT2D eigenvalue weighted by molar-refractivity contribution is 0.169. The Balaban J connectivity index is 1.87. The van der Waals surface area contributed by atoms with Crippen molar-refractivity contribution in [2.75, 3.05) is 30.3 Å². The summed E-state index contributed by atoms with van der Waals surface area (Å²) in [7, 11) is -3.46. The highest BCUT2D eigenvalue weighted by Crippen LogP contribution is 2.22. The lowest BCUT2D eigenvalue weighted by Gasteiger charge is -2.21. The third-order valence-electron chi connectivity index (χ3n) is 5.29.